The van der Waals surface area contributed by atoms with E-state index in [-0.39, 0.29) is 18.1 Å². The minimum absolute atomic E-state index is 0.176. The second kappa shape index (κ2) is 6.44. The number of urea groups is 1. The largest absolute Gasteiger partial charge is 0.508 e. The summed E-state index contributed by atoms with van der Waals surface area (Å²) in [6.45, 7) is 0.176. The first-order valence-electron chi connectivity index (χ1n) is 6.22. The molecule has 1 heterocycles. The van der Waals surface area contributed by atoms with Crippen LogP contribution in [0, 0.1) is 0 Å². The standard InChI is InChI=1S/C14H13N3O5/c15-14(21)17-9-3-1-8(2-4-9)7-16-13(20)11-5-10(18)6-12(19)22-11/h1-6,18H,7H2,(H,16,20)(H3,15,17,21). The van der Waals surface area contributed by atoms with Gasteiger partial charge >= 0.3 is 11.7 Å². The summed E-state index contributed by atoms with van der Waals surface area (Å²) in [4.78, 5) is 33.5. The van der Waals surface area contributed by atoms with E-state index in [0.717, 1.165) is 17.7 Å². The van der Waals surface area contributed by atoms with E-state index in [1.165, 1.54) is 0 Å². The molecule has 2 aromatic rings. The highest BCUT2D eigenvalue weighted by Crippen LogP contribution is 2.10. The maximum Gasteiger partial charge on any atom is 0.340 e. The first-order chi connectivity index (χ1) is 10.4. The number of hydrogen-bond acceptors (Lipinski definition) is 5. The molecule has 22 heavy (non-hydrogen) atoms. The van der Waals surface area contributed by atoms with E-state index in [2.05, 4.69) is 15.1 Å². The Bertz CT molecular complexity index is 752. The Balaban J connectivity index is 1.98. The van der Waals surface area contributed by atoms with Crippen molar-refractivity contribution < 1.29 is 19.1 Å². The van der Waals surface area contributed by atoms with Crippen LogP contribution in [0.15, 0.2) is 45.6 Å². The molecular formula is C14H13N3O5. The Morgan fingerprint density at radius 1 is 1.18 bits per heavy atom. The number of benzene rings is 1. The lowest BCUT2D eigenvalue weighted by Gasteiger charge is -2.06. The quantitative estimate of drug-likeness (QED) is 0.661. The van der Waals surface area contributed by atoms with Crippen LogP contribution in [0.1, 0.15) is 16.1 Å². The van der Waals surface area contributed by atoms with Crippen molar-refractivity contribution in [3.8, 4) is 5.75 Å². The van der Waals surface area contributed by atoms with Crippen LogP contribution >= 0.6 is 0 Å². The van der Waals surface area contributed by atoms with Crippen LogP contribution in [0.3, 0.4) is 0 Å². The SMILES string of the molecule is NC(=O)Nc1ccc(CNC(=O)c2cc(O)cc(=O)o2)cc1. The summed E-state index contributed by atoms with van der Waals surface area (Å²) in [6, 6.07) is 7.87. The highest BCUT2D eigenvalue weighted by molar-refractivity contribution is 5.91. The number of rotatable bonds is 4. The Morgan fingerprint density at radius 2 is 1.86 bits per heavy atom. The van der Waals surface area contributed by atoms with Gasteiger partial charge in [0.2, 0.25) is 0 Å². The molecule has 2 rings (SSSR count). The van der Waals surface area contributed by atoms with Gasteiger partial charge in [-0.25, -0.2) is 9.59 Å². The van der Waals surface area contributed by atoms with Gasteiger partial charge < -0.3 is 25.9 Å². The van der Waals surface area contributed by atoms with Crippen molar-refractivity contribution in [1.82, 2.24) is 5.32 Å². The third kappa shape index (κ3) is 4.10. The summed E-state index contributed by atoms with van der Waals surface area (Å²) in [5.74, 6) is -1.26. The Kier molecular flexibility index (Phi) is 4.42. The molecule has 0 radical (unpaired) electrons. The van der Waals surface area contributed by atoms with Gasteiger partial charge in [0, 0.05) is 18.3 Å². The highest BCUT2D eigenvalue weighted by Gasteiger charge is 2.10. The summed E-state index contributed by atoms with van der Waals surface area (Å²) in [7, 11) is 0. The minimum Gasteiger partial charge on any atom is -0.508 e. The summed E-state index contributed by atoms with van der Waals surface area (Å²) in [5.41, 5.74) is 5.46. The number of primary amides is 1. The zero-order valence-electron chi connectivity index (χ0n) is 11.3. The van der Waals surface area contributed by atoms with Gasteiger partial charge in [0.25, 0.3) is 5.91 Å². The molecule has 0 bridgehead atoms. The van der Waals surface area contributed by atoms with Crippen LogP contribution < -0.4 is 22.0 Å². The maximum atomic E-state index is 11.8. The summed E-state index contributed by atoms with van der Waals surface area (Å²) in [5, 5.41) is 14.2. The first kappa shape index (κ1) is 15.1. The third-order valence-corrected chi connectivity index (χ3v) is 2.65. The van der Waals surface area contributed by atoms with Gasteiger partial charge in [0.15, 0.2) is 5.76 Å². The maximum absolute atomic E-state index is 11.8. The monoisotopic (exact) mass is 303 g/mol. The molecule has 0 aliphatic rings. The molecule has 1 aromatic carbocycles. The van der Waals surface area contributed by atoms with E-state index in [1.807, 2.05) is 0 Å². The lowest BCUT2D eigenvalue weighted by Crippen LogP contribution is -2.23. The Morgan fingerprint density at radius 3 is 2.45 bits per heavy atom. The number of aromatic hydroxyl groups is 1. The fourth-order valence-corrected chi connectivity index (χ4v) is 1.69. The molecular weight excluding hydrogens is 290 g/mol. The van der Waals surface area contributed by atoms with Crippen LogP contribution in [0.5, 0.6) is 5.75 Å². The van der Waals surface area contributed by atoms with Crippen LogP contribution in [0.25, 0.3) is 0 Å². The summed E-state index contributed by atoms with van der Waals surface area (Å²) < 4.78 is 4.68. The topological polar surface area (TPSA) is 135 Å². The van der Waals surface area contributed by atoms with Crippen LogP contribution in [0.2, 0.25) is 0 Å². The molecule has 114 valence electrons. The molecule has 0 atom stereocenters. The number of nitrogens with two attached hydrogens (primary N) is 1. The molecule has 0 aliphatic heterocycles. The van der Waals surface area contributed by atoms with E-state index in [1.54, 1.807) is 24.3 Å². The van der Waals surface area contributed by atoms with Crippen molar-refractivity contribution in [3.05, 3.63) is 58.1 Å². The van der Waals surface area contributed by atoms with Crippen LogP contribution in [0.4, 0.5) is 10.5 Å². The van der Waals surface area contributed by atoms with Gasteiger partial charge in [-0.15, -0.1) is 0 Å². The van der Waals surface area contributed by atoms with Crippen molar-refractivity contribution in [2.24, 2.45) is 5.73 Å². The number of carbonyl (C=O) groups is 2. The van der Waals surface area contributed by atoms with E-state index in [9.17, 15) is 19.5 Å². The molecule has 3 amide bonds. The van der Waals surface area contributed by atoms with E-state index in [0.29, 0.717) is 5.69 Å². The van der Waals surface area contributed by atoms with Crippen LogP contribution in [-0.2, 0) is 6.54 Å². The molecule has 0 saturated heterocycles. The molecule has 0 fully saturated rings. The minimum atomic E-state index is -0.813. The van der Waals surface area contributed by atoms with Gasteiger partial charge in [0.1, 0.15) is 5.75 Å². The fourth-order valence-electron chi connectivity index (χ4n) is 1.69. The summed E-state index contributed by atoms with van der Waals surface area (Å²) in [6.07, 6.45) is 0. The summed E-state index contributed by atoms with van der Waals surface area (Å²) >= 11 is 0. The average molecular weight is 303 g/mol. The average Bonchev–Trinajstić information content (AvgIpc) is 2.44. The molecule has 0 spiro atoms. The predicted molar refractivity (Wildman–Crippen MR) is 77.5 cm³/mol. The van der Waals surface area contributed by atoms with Gasteiger partial charge in [-0.2, -0.15) is 0 Å². The van der Waals surface area contributed by atoms with Crippen molar-refractivity contribution in [1.29, 1.82) is 0 Å². The normalized spacial score (nSPS) is 10.0. The lowest BCUT2D eigenvalue weighted by atomic mass is 10.2. The number of carbonyl (C=O) groups excluding carboxylic acids is 2. The second-order valence-electron chi connectivity index (χ2n) is 4.37. The van der Waals surface area contributed by atoms with Gasteiger partial charge in [-0.3, -0.25) is 4.79 Å². The highest BCUT2D eigenvalue weighted by atomic mass is 16.4. The number of hydrogen-bond donors (Lipinski definition) is 4. The second-order valence-corrected chi connectivity index (χ2v) is 4.37. The fraction of sp³-hybridized carbons (Fsp3) is 0.0714. The van der Waals surface area contributed by atoms with Gasteiger partial charge in [-0.05, 0) is 17.7 Å². The molecule has 0 aliphatic carbocycles. The Labute approximate surface area is 124 Å². The third-order valence-electron chi connectivity index (χ3n) is 2.65. The van der Waals surface area contributed by atoms with Crippen molar-refractivity contribution >= 4 is 17.6 Å². The predicted octanol–water partition coefficient (Wildman–Crippen LogP) is 0.766. The zero-order chi connectivity index (χ0) is 16.1. The molecule has 0 unspecified atom stereocenters. The molecule has 1 aromatic heterocycles. The van der Waals surface area contributed by atoms with Gasteiger partial charge in [-0.1, -0.05) is 12.1 Å². The molecule has 8 nitrogen and oxygen atoms in total. The van der Waals surface area contributed by atoms with E-state index in [4.69, 9.17) is 5.73 Å². The van der Waals surface area contributed by atoms with Crippen molar-refractivity contribution in [2.45, 2.75) is 6.54 Å². The molecule has 0 saturated carbocycles. The van der Waals surface area contributed by atoms with Gasteiger partial charge in [0.05, 0.1) is 6.07 Å². The van der Waals surface area contributed by atoms with Crippen molar-refractivity contribution in [2.75, 3.05) is 5.32 Å². The zero-order valence-corrected chi connectivity index (χ0v) is 11.3. The molecule has 8 heteroatoms. The molecule has 5 N–H and O–H groups in total. The first-order valence-corrected chi connectivity index (χ1v) is 6.22. The smallest absolute Gasteiger partial charge is 0.340 e. The number of amides is 3. The lowest BCUT2D eigenvalue weighted by molar-refractivity contribution is 0.0917. The number of nitrogens with one attached hydrogen (secondary N) is 2. The number of anilines is 1. The van der Waals surface area contributed by atoms with Crippen molar-refractivity contribution in [3.63, 3.8) is 0 Å². The van der Waals surface area contributed by atoms with Crippen LogP contribution in [-0.4, -0.2) is 17.0 Å². The van der Waals surface area contributed by atoms with E-state index >= 15 is 0 Å². The van der Waals surface area contributed by atoms with E-state index < -0.39 is 17.6 Å². The Hall–Kier alpha value is -3.29.